The molecule has 0 spiro atoms. The summed E-state index contributed by atoms with van der Waals surface area (Å²) in [6.45, 7) is 4.93. The van der Waals surface area contributed by atoms with Crippen LogP contribution in [0, 0.1) is 6.92 Å². The van der Waals surface area contributed by atoms with Crippen LogP contribution in [0.4, 0.5) is 5.69 Å². The number of nitrogens with zero attached hydrogens (tertiary/aromatic N) is 2. The van der Waals surface area contributed by atoms with Gasteiger partial charge in [-0.25, -0.2) is 0 Å². The van der Waals surface area contributed by atoms with Crippen LogP contribution >= 0.6 is 11.8 Å². The van der Waals surface area contributed by atoms with E-state index in [2.05, 4.69) is 32.0 Å². The van der Waals surface area contributed by atoms with Gasteiger partial charge in [-0.2, -0.15) is 0 Å². The zero-order valence-corrected chi connectivity index (χ0v) is 14.5. The largest absolute Gasteiger partial charge is 0.315 e. The lowest BCUT2D eigenvalue weighted by Gasteiger charge is -2.36. The molecule has 4 nitrogen and oxygen atoms in total. The molecule has 3 aliphatic heterocycles. The molecule has 3 heterocycles. The van der Waals surface area contributed by atoms with Gasteiger partial charge in [-0.1, -0.05) is 18.2 Å². The highest BCUT2D eigenvalue weighted by molar-refractivity contribution is 8.01. The van der Waals surface area contributed by atoms with E-state index < -0.39 is 0 Å². The fourth-order valence-corrected chi connectivity index (χ4v) is 5.67. The SMILES string of the molecule is Cc1cccc2c1N(C(=O)[C@@H]1CS[C@@]3(C)CCC(=O)N13)CCC2. The molecule has 3 aliphatic rings. The van der Waals surface area contributed by atoms with Gasteiger partial charge in [-0.3, -0.25) is 9.59 Å². The molecule has 122 valence electrons. The zero-order valence-electron chi connectivity index (χ0n) is 13.7. The number of fused-ring (bicyclic) bond motifs is 2. The van der Waals surface area contributed by atoms with Gasteiger partial charge in [0.2, 0.25) is 5.91 Å². The fourth-order valence-electron chi connectivity index (χ4n) is 4.25. The van der Waals surface area contributed by atoms with Crippen LogP contribution < -0.4 is 4.90 Å². The number of aryl methyl sites for hydroxylation is 2. The zero-order chi connectivity index (χ0) is 16.2. The molecule has 2 amide bonds. The summed E-state index contributed by atoms with van der Waals surface area (Å²) in [6, 6.07) is 5.95. The standard InChI is InChI=1S/C18H22N2O2S/c1-12-5-3-6-13-7-4-10-19(16(12)13)17(22)14-11-23-18(2)9-8-15(21)20(14)18/h3,5-6,14H,4,7-11H2,1-2H3/t14-,18-/m0/s1. The average Bonchev–Trinajstić information content (AvgIpc) is 3.03. The number of hydrogen-bond acceptors (Lipinski definition) is 3. The molecule has 2 saturated heterocycles. The Morgan fingerprint density at radius 3 is 3.00 bits per heavy atom. The van der Waals surface area contributed by atoms with Gasteiger partial charge in [-0.15, -0.1) is 11.8 Å². The fraction of sp³-hybridized carbons (Fsp3) is 0.556. The van der Waals surface area contributed by atoms with Gasteiger partial charge in [0.25, 0.3) is 5.91 Å². The Balaban J connectivity index is 1.68. The molecule has 0 radical (unpaired) electrons. The van der Waals surface area contributed by atoms with Crippen LogP contribution in [-0.4, -0.2) is 39.9 Å². The summed E-state index contributed by atoms with van der Waals surface area (Å²) >= 11 is 1.76. The summed E-state index contributed by atoms with van der Waals surface area (Å²) in [5, 5.41) is 0. The van der Waals surface area contributed by atoms with Crippen LogP contribution in [0.2, 0.25) is 0 Å². The third-order valence-electron chi connectivity index (χ3n) is 5.42. The number of benzene rings is 1. The predicted molar refractivity (Wildman–Crippen MR) is 92.6 cm³/mol. The number of carbonyl (C=O) groups is 2. The Morgan fingerprint density at radius 1 is 1.35 bits per heavy atom. The van der Waals surface area contributed by atoms with Crippen LogP contribution in [0.25, 0.3) is 0 Å². The predicted octanol–water partition coefficient (Wildman–Crippen LogP) is 2.73. The molecule has 2 fully saturated rings. The summed E-state index contributed by atoms with van der Waals surface area (Å²) in [4.78, 5) is 29.2. The van der Waals surface area contributed by atoms with E-state index in [9.17, 15) is 9.59 Å². The summed E-state index contributed by atoms with van der Waals surface area (Å²) in [7, 11) is 0. The molecule has 23 heavy (non-hydrogen) atoms. The third kappa shape index (κ3) is 2.20. The van der Waals surface area contributed by atoms with Gasteiger partial charge < -0.3 is 9.80 Å². The van der Waals surface area contributed by atoms with Crippen molar-refractivity contribution in [2.24, 2.45) is 0 Å². The lowest BCUT2D eigenvalue weighted by Crippen LogP contribution is -2.52. The maximum atomic E-state index is 13.3. The maximum absolute atomic E-state index is 13.3. The number of anilines is 1. The molecule has 0 bridgehead atoms. The van der Waals surface area contributed by atoms with Crippen molar-refractivity contribution in [2.75, 3.05) is 17.2 Å². The topological polar surface area (TPSA) is 40.6 Å². The van der Waals surface area contributed by atoms with Gasteiger partial charge in [0.15, 0.2) is 0 Å². The highest BCUT2D eigenvalue weighted by atomic mass is 32.2. The second kappa shape index (κ2) is 5.26. The number of carbonyl (C=O) groups excluding carboxylic acids is 2. The molecule has 5 heteroatoms. The number of rotatable bonds is 1. The van der Waals surface area contributed by atoms with Crippen LogP contribution in [-0.2, 0) is 16.0 Å². The molecular weight excluding hydrogens is 308 g/mol. The molecule has 4 rings (SSSR count). The minimum absolute atomic E-state index is 0.103. The van der Waals surface area contributed by atoms with E-state index >= 15 is 0 Å². The Bertz CT molecular complexity index is 690. The van der Waals surface area contributed by atoms with Crippen LogP contribution in [0.15, 0.2) is 18.2 Å². The third-order valence-corrected chi connectivity index (χ3v) is 6.92. The molecule has 0 aromatic heterocycles. The molecule has 1 aromatic carbocycles. The maximum Gasteiger partial charge on any atom is 0.250 e. The van der Waals surface area contributed by atoms with E-state index in [0.29, 0.717) is 6.42 Å². The molecule has 0 saturated carbocycles. The van der Waals surface area contributed by atoms with E-state index in [1.807, 2.05) is 9.80 Å². The second-order valence-electron chi connectivity index (χ2n) is 6.94. The first-order valence-corrected chi connectivity index (χ1v) is 9.36. The molecule has 0 unspecified atom stereocenters. The van der Waals surface area contributed by atoms with E-state index in [4.69, 9.17) is 0 Å². The first-order chi connectivity index (χ1) is 11.0. The van der Waals surface area contributed by atoms with Crippen molar-refractivity contribution in [3.8, 4) is 0 Å². The first-order valence-electron chi connectivity index (χ1n) is 8.37. The highest BCUT2D eigenvalue weighted by Gasteiger charge is 2.53. The highest BCUT2D eigenvalue weighted by Crippen LogP contribution is 2.48. The van der Waals surface area contributed by atoms with Gasteiger partial charge in [-0.05, 0) is 44.2 Å². The lowest BCUT2D eigenvalue weighted by molar-refractivity contribution is -0.136. The Morgan fingerprint density at radius 2 is 2.17 bits per heavy atom. The van der Waals surface area contributed by atoms with Crippen molar-refractivity contribution in [3.63, 3.8) is 0 Å². The van der Waals surface area contributed by atoms with Crippen molar-refractivity contribution < 1.29 is 9.59 Å². The van der Waals surface area contributed by atoms with Crippen molar-refractivity contribution >= 4 is 29.3 Å². The number of thioether (sulfide) groups is 1. The van der Waals surface area contributed by atoms with E-state index in [1.54, 1.807) is 11.8 Å². The minimum Gasteiger partial charge on any atom is -0.315 e. The van der Waals surface area contributed by atoms with Gasteiger partial charge >= 0.3 is 0 Å². The lowest BCUT2D eigenvalue weighted by atomic mass is 9.97. The quantitative estimate of drug-likeness (QED) is 0.795. The Hall–Kier alpha value is -1.49. The Labute approximate surface area is 141 Å². The first kappa shape index (κ1) is 15.1. The van der Waals surface area contributed by atoms with Gasteiger partial charge in [0.1, 0.15) is 6.04 Å². The average molecular weight is 330 g/mol. The van der Waals surface area contributed by atoms with E-state index in [0.717, 1.165) is 42.8 Å². The molecule has 1 aromatic rings. The summed E-state index contributed by atoms with van der Waals surface area (Å²) in [6.07, 6.45) is 3.45. The van der Waals surface area contributed by atoms with Gasteiger partial charge in [0.05, 0.1) is 4.87 Å². The van der Waals surface area contributed by atoms with E-state index in [1.165, 1.54) is 5.56 Å². The normalized spacial score (nSPS) is 29.7. The van der Waals surface area contributed by atoms with Crippen LogP contribution in [0.5, 0.6) is 0 Å². The molecule has 0 N–H and O–H groups in total. The molecule has 2 atom stereocenters. The summed E-state index contributed by atoms with van der Waals surface area (Å²) in [5.74, 6) is 0.961. The monoisotopic (exact) mass is 330 g/mol. The second-order valence-corrected chi connectivity index (χ2v) is 8.44. The smallest absolute Gasteiger partial charge is 0.250 e. The summed E-state index contributed by atoms with van der Waals surface area (Å²) in [5.41, 5.74) is 3.48. The number of hydrogen-bond donors (Lipinski definition) is 0. The van der Waals surface area contributed by atoms with Crippen LogP contribution in [0.3, 0.4) is 0 Å². The number of para-hydroxylation sites is 1. The van der Waals surface area contributed by atoms with Crippen molar-refractivity contribution in [2.45, 2.75) is 50.4 Å². The van der Waals surface area contributed by atoms with Crippen molar-refractivity contribution in [1.82, 2.24) is 4.90 Å². The van der Waals surface area contributed by atoms with E-state index in [-0.39, 0.29) is 22.7 Å². The van der Waals surface area contributed by atoms with Crippen LogP contribution in [0.1, 0.15) is 37.3 Å². The number of amides is 2. The van der Waals surface area contributed by atoms with Crippen molar-refractivity contribution in [3.05, 3.63) is 29.3 Å². The molecular formula is C18H22N2O2S. The van der Waals surface area contributed by atoms with Crippen molar-refractivity contribution in [1.29, 1.82) is 0 Å². The summed E-state index contributed by atoms with van der Waals surface area (Å²) < 4.78 is 0. The molecule has 0 aliphatic carbocycles. The van der Waals surface area contributed by atoms with Gasteiger partial charge in [0, 0.05) is 24.4 Å². The Kier molecular flexibility index (Phi) is 3.45. The minimum atomic E-state index is -0.300.